The van der Waals surface area contributed by atoms with E-state index in [-0.39, 0.29) is 25.5 Å². The number of unbranched alkanes of at least 4 members (excludes halogenated alkanes) is 5. The van der Waals surface area contributed by atoms with E-state index >= 15 is 0 Å². The van der Waals surface area contributed by atoms with Crippen LogP contribution in [0.5, 0.6) is 0 Å². The molecule has 282 valence electrons. The van der Waals surface area contributed by atoms with Crippen molar-refractivity contribution in [3.63, 3.8) is 0 Å². The molecule has 2 rings (SSSR count). The minimum atomic E-state index is -0.889. The molecule has 6 N–H and O–H groups in total. The van der Waals surface area contributed by atoms with E-state index in [1.807, 2.05) is 4.90 Å². The van der Waals surface area contributed by atoms with Crippen molar-refractivity contribution < 1.29 is 34.5 Å². The maximum Gasteiger partial charge on any atom is 0.317 e. The number of anilines is 2. The third kappa shape index (κ3) is 20.6. The van der Waals surface area contributed by atoms with Crippen molar-refractivity contribution in [1.29, 1.82) is 0 Å². The zero-order valence-electron chi connectivity index (χ0n) is 29.8. The van der Waals surface area contributed by atoms with Gasteiger partial charge in [-0.15, -0.1) is 0 Å². The largest absolute Gasteiger partial charge is 0.483 e. The number of carboxylic acid groups (broad SMARTS) is 2. The lowest BCUT2D eigenvalue weighted by Crippen LogP contribution is -2.48. The monoisotopic (exact) mass is 699 g/mol. The second-order valence-corrected chi connectivity index (χ2v) is 11.7. The number of carboxylic acids is 1. The van der Waals surface area contributed by atoms with Gasteiger partial charge in [-0.05, 0) is 25.8 Å². The third-order valence-corrected chi connectivity index (χ3v) is 8.16. The Balaban J connectivity index is 0.00000435. The van der Waals surface area contributed by atoms with Gasteiger partial charge in [0.05, 0.1) is 19.6 Å². The summed E-state index contributed by atoms with van der Waals surface area (Å²) in [5.74, 6) is -0.928. The van der Waals surface area contributed by atoms with Gasteiger partial charge in [-0.25, -0.2) is 0 Å². The molecular weight excluding hydrogens is 638 g/mol. The number of hydrogen-bond donors (Lipinski definition) is 6. The summed E-state index contributed by atoms with van der Waals surface area (Å²) in [4.78, 5) is 75.8. The van der Waals surface area contributed by atoms with E-state index in [2.05, 4.69) is 44.5 Å². The van der Waals surface area contributed by atoms with Crippen molar-refractivity contribution in [2.75, 3.05) is 116 Å². The van der Waals surface area contributed by atoms with Crippen molar-refractivity contribution in [2.24, 2.45) is 0 Å². The second kappa shape index (κ2) is 29.5. The molecule has 1 heterocycles. The lowest BCUT2D eigenvalue weighted by Gasteiger charge is -2.32. The minimum Gasteiger partial charge on any atom is -0.483 e. The van der Waals surface area contributed by atoms with Crippen LogP contribution in [0, 0.1) is 0 Å². The molecule has 49 heavy (non-hydrogen) atoms. The second-order valence-electron chi connectivity index (χ2n) is 11.7. The van der Waals surface area contributed by atoms with Crippen molar-refractivity contribution in [3.05, 3.63) is 20.4 Å². The predicted molar refractivity (Wildman–Crippen MR) is 191 cm³/mol. The number of likely N-dealkylation sites (N-methyl/N-ethyl adjacent to an activating group) is 1. The topological polar surface area (TPSA) is 212 Å². The molecule has 0 aromatic heterocycles. The van der Waals surface area contributed by atoms with E-state index in [9.17, 15) is 29.1 Å². The summed E-state index contributed by atoms with van der Waals surface area (Å²) >= 11 is 0. The number of amides is 1. The highest BCUT2D eigenvalue weighted by Gasteiger charge is 2.20. The maximum absolute atomic E-state index is 12.8. The molecule has 1 aromatic rings. The number of rotatable bonds is 20. The van der Waals surface area contributed by atoms with Crippen LogP contribution >= 0.6 is 0 Å². The number of nitrogens with zero attached hydrogens (tertiary/aromatic N) is 4. The van der Waals surface area contributed by atoms with Crippen molar-refractivity contribution in [2.45, 2.75) is 58.8 Å². The van der Waals surface area contributed by atoms with Gasteiger partial charge in [-0.2, -0.15) is 0 Å². The first kappa shape index (κ1) is 45.6. The smallest absolute Gasteiger partial charge is 0.317 e. The maximum atomic E-state index is 12.8. The van der Waals surface area contributed by atoms with Crippen LogP contribution in [0.4, 0.5) is 11.4 Å². The molecule has 0 radical (unpaired) electrons. The molecule has 0 bridgehead atoms. The Morgan fingerprint density at radius 2 is 1.10 bits per heavy atom. The molecular formula is C33H61N7O9. The van der Waals surface area contributed by atoms with E-state index in [4.69, 9.17) is 15.0 Å². The van der Waals surface area contributed by atoms with Crippen LogP contribution in [-0.2, 0) is 19.2 Å². The van der Waals surface area contributed by atoms with E-state index < -0.39 is 16.8 Å². The van der Waals surface area contributed by atoms with E-state index in [0.29, 0.717) is 70.3 Å². The molecule has 0 aliphatic carbocycles. The van der Waals surface area contributed by atoms with E-state index in [1.165, 1.54) is 0 Å². The van der Waals surface area contributed by atoms with Gasteiger partial charge >= 0.3 is 5.97 Å². The molecule has 1 saturated heterocycles. The summed E-state index contributed by atoms with van der Waals surface area (Å²) in [6, 6.07) is 0. The zero-order valence-corrected chi connectivity index (χ0v) is 29.8. The number of aliphatic hydroxyl groups excluding tert-OH is 1. The number of carbonyl (C=O) groups is 4. The third-order valence-electron chi connectivity index (χ3n) is 8.16. The average molecular weight is 700 g/mol. The van der Waals surface area contributed by atoms with Gasteiger partial charge in [0.25, 0.3) is 17.3 Å². The molecule has 1 aliphatic rings. The summed E-state index contributed by atoms with van der Waals surface area (Å²) in [7, 11) is 1.00. The Kier molecular flexibility index (Phi) is 27.4. The van der Waals surface area contributed by atoms with Crippen LogP contribution in [0.25, 0.3) is 0 Å². The summed E-state index contributed by atoms with van der Waals surface area (Å²) in [6.07, 6.45) is 7.64. The highest BCUT2D eigenvalue weighted by atomic mass is 16.4. The number of aldehydes is 1. The SMILES string of the molecule is CCCCCNc1c(NCCCCCCNC(=O)CN2CCN(CC)CCN(CC=O)CCN(CC(=O)O)CC2)c(=O)c1=O.CO.O=CO. The number of aliphatic hydroxyl groups is 1. The van der Waals surface area contributed by atoms with Gasteiger partial charge in [-0.1, -0.05) is 39.5 Å². The van der Waals surface area contributed by atoms with Gasteiger partial charge in [-0.3, -0.25) is 38.7 Å². The van der Waals surface area contributed by atoms with Crippen LogP contribution in [0.15, 0.2) is 9.59 Å². The lowest BCUT2D eigenvalue weighted by molar-refractivity contribution is -0.138. The molecule has 1 amide bonds. The number of aliphatic carboxylic acids is 1. The molecule has 0 unspecified atom stereocenters. The van der Waals surface area contributed by atoms with Crippen LogP contribution < -0.4 is 26.8 Å². The molecule has 0 spiro atoms. The molecule has 1 aromatic carbocycles. The zero-order chi connectivity index (χ0) is 36.9. The Hall–Kier alpha value is -3.44. The Bertz CT molecular complexity index is 1110. The van der Waals surface area contributed by atoms with Gasteiger partial charge in [0.1, 0.15) is 17.7 Å². The fourth-order valence-corrected chi connectivity index (χ4v) is 5.31. The minimum absolute atomic E-state index is 0.0391. The summed E-state index contributed by atoms with van der Waals surface area (Å²) in [5, 5.41) is 32.5. The van der Waals surface area contributed by atoms with Gasteiger partial charge in [0.15, 0.2) is 0 Å². The van der Waals surface area contributed by atoms with Crippen molar-refractivity contribution >= 4 is 36.0 Å². The Labute approximate surface area is 290 Å². The van der Waals surface area contributed by atoms with E-state index in [0.717, 1.165) is 84.5 Å². The number of nitrogens with one attached hydrogen (secondary N) is 3. The first-order valence-corrected chi connectivity index (χ1v) is 17.4. The van der Waals surface area contributed by atoms with Crippen LogP contribution in [0.2, 0.25) is 0 Å². The standard InChI is InChI=1S/C31H55N7O6.CH2O2.CH4O/c1-3-5-8-12-33-28-29(31(44)30(28)43)34-13-10-7-6-9-11-32-26(40)24-37-18-15-35(4-2)14-16-36(22-23-39)17-19-38(21-20-37)25-27(41)42;2-1-3;1-2/h23,33-34H,3-22,24-25H2,1-2H3,(H,32,40)(H,41,42);1H,(H,2,3);2H,1H3. The fraction of sp³-hybridized carbons (Fsp3) is 0.758. The molecule has 1 fully saturated rings. The van der Waals surface area contributed by atoms with Crippen LogP contribution in [0.3, 0.4) is 0 Å². The number of carbonyl (C=O) groups excluding carboxylic acids is 2. The first-order chi connectivity index (χ1) is 23.7. The van der Waals surface area contributed by atoms with Gasteiger partial charge < -0.3 is 41.0 Å². The molecule has 1 aliphatic heterocycles. The summed E-state index contributed by atoms with van der Waals surface area (Å²) in [5.41, 5.74) is -0.0471. The van der Waals surface area contributed by atoms with Gasteiger partial charge in [0.2, 0.25) is 5.91 Å². The van der Waals surface area contributed by atoms with Crippen molar-refractivity contribution in [1.82, 2.24) is 24.9 Å². The highest BCUT2D eigenvalue weighted by Crippen LogP contribution is 2.15. The fourth-order valence-electron chi connectivity index (χ4n) is 5.31. The quantitative estimate of drug-likeness (QED) is 0.0592. The highest BCUT2D eigenvalue weighted by molar-refractivity contribution is 5.78. The molecule has 0 atom stereocenters. The first-order valence-electron chi connectivity index (χ1n) is 17.4. The molecule has 16 nitrogen and oxygen atoms in total. The summed E-state index contributed by atoms with van der Waals surface area (Å²) in [6.45, 7) is 12.6. The Morgan fingerprint density at radius 1 is 0.673 bits per heavy atom. The van der Waals surface area contributed by atoms with Gasteiger partial charge in [0, 0.05) is 79.1 Å². The number of hydrogen-bond acceptors (Lipinski definition) is 13. The molecule has 0 saturated carbocycles. The Morgan fingerprint density at radius 3 is 1.55 bits per heavy atom. The predicted octanol–water partition coefficient (Wildman–Crippen LogP) is -0.192. The van der Waals surface area contributed by atoms with Crippen LogP contribution in [0.1, 0.15) is 58.8 Å². The normalized spacial score (nSPS) is 15.3. The van der Waals surface area contributed by atoms with E-state index in [1.54, 1.807) is 0 Å². The van der Waals surface area contributed by atoms with Crippen LogP contribution in [-0.4, -0.2) is 165 Å². The van der Waals surface area contributed by atoms with Crippen molar-refractivity contribution in [3.8, 4) is 0 Å². The molecule has 16 heteroatoms. The lowest BCUT2D eigenvalue weighted by atomic mass is 10.1. The summed E-state index contributed by atoms with van der Waals surface area (Å²) < 4.78 is 0. The average Bonchev–Trinajstić information content (AvgIpc) is 3.09.